The van der Waals surface area contributed by atoms with E-state index in [0.29, 0.717) is 28.7 Å². The van der Waals surface area contributed by atoms with Crippen LogP contribution in [-0.4, -0.2) is 15.9 Å². The standard InChI is InChI=1S/C25H23N5O/c1-17-13-15-19(16-14-17)24(31)29-22-18(2)26-25(28-21-11-7-4-8-12-21)30-23(22)27-20-9-5-3-6-10-20/h3-16H,1-2H3,(H,29,31)(H2,26,27,28,30). The topological polar surface area (TPSA) is 78.9 Å². The van der Waals surface area contributed by atoms with E-state index in [1.54, 1.807) is 12.1 Å². The van der Waals surface area contributed by atoms with Gasteiger partial charge in [-0.25, -0.2) is 4.98 Å². The number of carbonyl (C=O) groups is 1. The molecule has 0 unspecified atom stereocenters. The fourth-order valence-electron chi connectivity index (χ4n) is 3.07. The summed E-state index contributed by atoms with van der Waals surface area (Å²) in [7, 11) is 0. The van der Waals surface area contributed by atoms with Gasteiger partial charge in [-0.1, -0.05) is 54.1 Å². The fraction of sp³-hybridized carbons (Fsp3) is 0.0800. The fourth-order valence-corrected chi connectivity index (χ4v) is 3.07. The van der Waals surface area contributed by atoms with Crippen LogP contribution in [0.2, 0.25) is 0 Å². The Labute approximate surface area is 181 Å². The molecule has 4 rings (SSSR count). The molecule has 0 aliphatic heterocycles. The van der Waals surface area contributed by atoms with E-state index >= 15 is 0 Å². The van der Waals surface area contributed by atoms with Crippen molar-refractivity contribution in [3.05, 3.63) is 102 Å². The van der Waals surface area contributed by atoms with Gasteiger partial charge < -0.3 is 16.0 Å². The zero-order valence-electron chi connectivity index (χ0n) is 17.4. The van der Waals surface area contributed by atoms with Crippen LogP contribution in [0.3, 0.4) is 0 Å². The van der Waals surface area contributed by atoms with Gasteiger partial charge >= 0.3 is 0 Å². The molecule has 0 atom stereocenters. The predicted molar refractivity (Wildman–Crippen MR) is 125 cm³/mol. The highest BCUT2D eigenvalue weighted by Gasteiger charge is 2.16. The molecule has 1 amide bonds. The van der Waals surface area contributed by atoms with Gasteiger partial charge in [0, 0.05) is 16.9 Å². The summed E-state index contributed by atoms with van der Waals surface area (Å²) in [4.78, 5) is 22.0. The summed E-state index contributed by atoms with van der Waals surface area (Å²) in [6.45, 7) is 3.83. The monoisotopic (exact) mass is 409 g/mol. The third kappa shape index (κ3) is 5.05. The molecule has 6 heteroatoms. The first-order valence-corrected chi connectivity index (χ1v) is 9.99. The predicted octanol–water partition coefficient (Wildman–Crippen LogP) is 5.83. The van der Waals surface area contributed by atoms with Crippen molar-refractivity contribution < 1.29 is 4.79 Å². The number of carbonyl (C=O) groups excluding carboxylic acids is 1. The molecule has 3 N–H and O–H groups in total. The van der Waals surface area contributed by atoms with Crippen molar-refractivity contribution in [3.8, 4) is 0 Å². The molecule has 0 bridgehead atoms. The first-order chi connectivity index (χ1) is 15.1. The van der Waals surface area contributed by atoms with Gasteiger partial charge in [-0.3, -0.25) is 4.79 Å². The van der Waals surface area contributed by atoms with Crippen molar-refractivity contribution in [2.24, 2.45) is 0 Å². The Balaban J connectivity index is 1.68. The molecule has 0 radical (unpaired) electrons. The van der Waals surface area contributed by atoms with Crippen LogP contribution in [-0.2, 0) is 0 Å². The zero-order valence-corrected chi connectivity index (χ0v) is 17.4. The lowest BCUT2D eigenvalue weighted by molar-refractivity contribution is 0.102. The average Bonchev–Trinajstić information content (AvgIpc) is 2.78. The molecule has 31 heavy (non-hydrogen) atoms. The van der Waals surface area contributed by atoms with Crippen molar-refractivity contribution >= 4 is 34.7 Å². The van der Waals surface area contributed by atoms with Crippen LogP contribution in [0.5, 0.6) is 0 Å². The maximum absolute atomic E-state index is 12.8. The molecule has 0 aliphatic carbocycles. The number of anilines is 5. The highest BCUT2D eigenvalue weighted by Crippen LogP contribution is 2.29. The highest BCUT2D eigenvalue weighted by atomic mass is 16.1. The largest absolute Gasteiger partial charge is 0.338 e. The van der Waals surface area contributed by atoms with Gasteiger partial charge in [0.2, 0.25) is 5.95 Å². The second kappa shape index (κ2) is 9.09. The summed E-state index contributed by atoms with van der Waals surface area (Å²) in [6, 6.07) is 26.8. The molecule has 3 aromatic carbocycles. The number of hydrogen-bond donors (Lipinski definition) is 3. The molecule has 6 nitrogen and oxygen atoms in total. The number of para-hydroxylation sites is 2. The van der Waals surface area contributed by atoms with Crippen LogP contribution in [0.1, 0.15) is 21.6 Å². The third-order valence-electron chi connectivity index (χ3n) is 4.71. The van der Waals surface area contributed by atoms with E-state index in [9.17, 15) is 4.79 Å². The lowest BCUT2D eigenvalue weighted by atomic mass is 10.1. The van der Waals surface area contributed by atoms with Crippen LogP contribution >= 0.6 is 0 Å². The van der Waals surface area contributed by atoms with Crippen LogP contribution in [0, 0.1) is 13.8 Å². The van der Waals surface area contributed by atoms with Crippen LogP contribution in [0.15, 0.2) is 84.9 Å². The molecule has 0 fully saturated rings. The number of nitrogens with one attached hydrogen (secondary N) is 3. The molecule has 1 aromatic heterocycles. The Morgan fingerprint density at radius 3 is 1.90 bits per heavy atom. The second-order valence-electron chi connectivity index (χ2n) is 7.16. The molecule has 0 aliphatic rings. The normalized spacial score (nSPS) is 10.4. The number of aryl methyl sites for hydroxylation is 2. The number of benzene rings is 3. The molecule has 0 spiro atoms. The number of hydrogen-bond acceptors (Lipinski definition) is 5. The van der Waals surface area contributed by atoms with Gasteiger partial charge in [0.15, 0.2) is 5.82 Å². The number of aromatic nitrogens is 2. The van der Waals surface area contributed by atoms with Crippen molar-refractivity contribution in [2.75, 3.05) is 16.0 Å². The zero-order chi connectivity index (χ0) is 21.6. The SMILES string of the molecule is Cc1ccc(C(=O)Nc2c(C)nc(Nc3ccccc3)nc2Nc2ccccc2)cc1. The molecule has 154 valence electrons. The van der Waals surface area contributed by atoms with E-state index in [0.717, 1.165) is 16.9 Å². The summed E-state index contributed by atoms with van der Waals surface area (Å²) < 4.78 is 0. The molecular weight excluding hydrogens is 386 g/mol. The van der Waals surface area contributed by atoms with E-state index in [1.165, 1.54) is 0 Å². The Morgan fingerprint density at radius 1 is 0.710 bits per heavy atom. The van der Waals surface area contributed by atoms with Crippen LogP contribution in [0.25, 0.3) is 0 Å². The first kappa shape index (κ1) is 20.1. The van der Waals surface area contributed by atoms with Crippen molar-refractivity contribution in [3.63, 3.8) is 0 Å². The number of rotatable bonds is 6. The minimum Gasteiger partial charge on any atom is -0.338 e. The van der Waals surface area contributed by atoms with Crippen LogP contribution < -0.4 is 16.0 Å². The Morgan fingerprint density at radius 2 is 1.29 bits per heavy atom. The van der Waals surface area contributed by atoms with Gasteiger partial charge in [0.1, 0.15) is 5.69 Å². The summed E-state index contributed by atoms with van der Waals surface area (Å²) in [5.41, 5.74) is 4.59. The molecule has 0 saturated heterocycles. The third-order valence-corrected chi connectivity index (χ3v) is 4.71. The van der Waals surface area contributed by atoms with Crippen LogP contribution in [0.4, 0.5) is 28.8 Å². The lowest BCUT2D eigenvalue weighted by Gasteiger charge is -2.16. The molecule has 4 aromatic rings. The Kier molecular flexibility index (Phi) is 5.89. The van der Waals surface area contributed by atoms with E-state index in [2.05, 4.69) is 25.9 Å². The Bertz CT molecular complexity index is 1180. The van der Waals surface area contributed by atoms with Gasteiger partial charge in [0.25, 0.3) is 5.91 Å². The van der Waals surface area contributed by atoms with Crippen molar-refractivity contribution in [1.82, 2.24) is 9.97 Å². The van der Waals surface area contributed by atoms with Gasteiger partial charge in [-0.2, -0.15) is 4.98 Å². The minimum absolute atomic E-state index is 0.216. The van der Waals surface area contributed by atoms with E-state index < -0.39 is 0 Å². The average molecular weight is 409 g/mol. The van der Waals surface area contributed by atoms with Crippen molar-refractivity contribution in [1.29, 1.82) is 0 Å². The molecule has 1 heterocycles. The van der Waals surface area contributed by atoms with Gasteiger partial charge in [-0.05, 0) is 50.2 Å². The lowest BCUT2D eigenvalue weighted by Crippen LogP contribution is -2.16. The van der Waals surface area contributed by atoms with E-state index in [4.69, 9.17) is 0 Å². The molecular formula is C25H23N5O. The number of amides is 1. The van der Waals surface area contributed by atoms with Gasteiger partial charge in [0.05, 0.1) is 5.69 Å². The highest BCUT2D eigenvalue weighted by molar-refractivity contribution is 6.06. The summed E-state index contributed by atoms with van der Waals surface area (Å²) >= 11 is 0. The molecule has 0 saturated carbocycles. The number of nitrogens with zero attached hydrogens (tertiary/aromatic N) is 2. The first-order valence-electron chi connectivity index (χ1n) is 9.99. The summed E-state index contributed by atoms with van der Waals surface area (Å²) in [5.74, 6) is 0.736. The second-order valence-corrected chi connectivity index (χ2v) is 7.16. The maximum atomic E-state index is 12.8. The van der Waals surface area contributed by atoms with Crippen molar-refractivity contribution in [2.45, 2.75) is 13.8 Å². The smallest absolute Gasteiger partial charge is 0.255 e. The summed E-state index contributed by atoms with van der Waals surface area (Å²) in [5, 5.41) is 9.49. The quantitative estimate of drug-likeness (QED) is 0.373. The van der Waals surface area contributed by atoms with E-state index in [1.807, 2.05) is 86.6 Å². The minimum atomic E-state index is -0.216. The summed E-state index contributed by atoms with van der Waals surface area (Å²) in [6.07, 6.45) is 0. The Hall–Kier alpha value is -4.19. The maximum Gasteiger partial charge on any atom is 0.255 e. The van der Waals surface area contributed by atoms with E-state index in [-0.39, 0.29) is 5.91 Å². The van der Waals surface area contributed by atoms with Gasteiger partial charge in [-0.15, -0.1) is 0 Å².